The van der Waals surface area contributed by atoms with Crippen molar-refractivity contribution in [3.8, 4) is 0 Å². The van der Waals surface area contributed by atoms with E-state index in [1.807, 2.05) is 0 Å². The van der Waals surface area contributed by atoms with E-state index in [1.165, 1.54) is 52.4 Å². The van der Waals surface area contributed by atoms with E-state index in [0.717, 1.165) is 0 Å². The second-order valence-electron chi connectivity index (χ2n) is 9.15. The molecule has 2 atom stereocenters. The van der Waals surface area contributed by atoms with Crippen molar-refractivity contribution in [1.29, 1.82) is 0 Å². The summed E-state index contributed by atoms with van der Waals surface area (Å²) in [4.78, 5) is 40.0. The van der Waals surface area contributed by atoms with Gasteiger partial charge in [0.05, 0.1) is 0 Å². The van der Waals surface area contributed by atoms with Crippen molar-refractivity contribution in [2.75, 3.05) is 0 Å². The van der Waals surface area contributed by atoms with E-state index in [9.17, 15) is 39.6 Å². The van der Waals surface area contributed by atoms with E-state index in [0.29, 0.717) is 25.7 Å². The molecule has 0 N–H and O–H groups in total. The zero-order chi connectivity index (χ0) is 27.5. The summed E-state index contributed by atoms with van der Waals surface area (Å²) >= 11 is -0.220. The number of carbonyl (C=O) groups is 4. The minimum atomic E-state index is -1.14. The Bertz CT molecular complexity index is 493. The normalized spacial score (nSPS) is 11.8. The maximum absolute atomic E-state index is 10.1. The summed E-state index contributed by atoms with van der Waals surface area (Å²) in [6.07, 6.45) is 13.1. The molecule has 0 aromatic carbocycles. The van der Waals surface area contributed by atoms with E-state index in [2.05, 4.69) is 13.8 Å². The van der Waals surface area contributed by atoms with Gasteiger partial charge in [-0.2, -0.15) is 0 Å². The molecular weight excluding hydrogens is 559 g/mol. The fraction of sp³-hybridized carbons (Fsp3) is 0.846. The zero-order valence-corrected chi connectivity index (χ0v) is 26.5. The average molecular weight is 607 g/mol. The molecule has 0 aromatic heterocycles. The van der Waals surface area contributed by atoms with Crippen molar-refractivity contribution < 1.29 is 39.6 Å². The van der Waals surface area contributed by atoms with Gasteiger partial charge in [0.2, 0.25) is 0 Å². The summed E-state index contributed by atoms with van der Waals surface area (Å²) in [5.41, 5.74) is 0. The van der Waals surface area contributed by atoms with Crippen molar-refractivity contribution in [2.45, 2.75) is 126 Å². The first kappa shape index (κ1) is 38.2. The first-order valence-electron chi connectivity index (χ1n) is 13.3. The Kier molecular flexibility index (Phi) is 31.6. The third-order valence-corrected chi connectivity index (χ3v) is 11.3. The van der Waals surface area contributed by atoms with E-state index in [1.54, 1.807) is 21.7 Å². The number of unbranched alkanes of at least 4 members (excludes halogenated alkanes) is 6. The molecule has 0 saturated heterocycles. The standard InChI is InChI=1S/2C7H12O4.2C6H13.Sn.2H/c2*1-5(7(10)11)3-2-4-6(8)9;2*1-3-5-6-4-2;;;/h2*5H,2-4H2,1H3,(H,8,9)(H,10,11);2*1,3-6H2,2H3;;;/q;;;;+4;;/p-4. The molecule has 204 valence electrons. The van der Waals surface area contributed by atoms with E-state index >= 15 is 0 Å². The molecule has 4 radical (unpaired) electrons. The maximum atomic E-state index is 10.1. The Morgan fingerprint density at radius 1 is 0.571 bits per heavy atom. The number of aliphatic carboxylic acids is 4. The van der Waals surface area contributed by atoms with Crippen molar-refractivity contribution in [1.82, 2.24) is 0 Å². The van der Waals surface area contributed by atoms with Crippen LogP contribution in [0.15, 0.2) is 0 Å². The Morgan fingerprint density at radius 2 is 0.914 bits per heavy atom. The van der Waals surface area contributed by atoms with Crippen LogP contribution < -0.4 is 20.4 Å². The van der Waals surface area contributed by atoms with Crippen LogP contribution in [0, 0.1) is 11.8 Å². The molecule has 9 heteroatoms. The summed E-state index contributed by atoms with van der Waals surface area (Å²) in [5.74, 6) is -5.71. The van der Waals surface area contributed by atoms with Gasteiger partial charge in [-0.3, -0.25) is 0 Å². The van der Waals surface area contributed by atoms with Gasteiger partial charge in [-0.25, -0.2) is 0 Å². The monoisotopic (exact) mass is 608 g/mol. The number of rotatable bonds is 20. The molecule has 0 bridgehead atoms. The van der Waals surface area contributed by atoms with Crippen LogP contribution in [0.25, 0.3) is 0 Å². The van der Waals surface area contributed by atoms with E-state index in [4.69, 9.17) is 0 Å². The van der Waals surface area contributed by atoms with Crippen molar-refractivity contribution in [2.24, 2.45) is 11.8 Å². The van der Waals surface area contributed by atoms with Crippen LogP contribution in [0.5, 0.6) is 0 Å². The van der Waals surface area contributed by atoms with Crippen LogP contribution >= 0.6 is 0 Å². The van der Waals surface area contributed by atoms with Gasteiger partial charge in [-0.15, -0.1) is 0 Å². The molecule has 0 heterocycles. The van der Waals surface area contributed by atoms with Crippen molar-refractivity contribution >= 4 is 45.0 Å². The molecule has 0 aliphatic rings. The van der Waals surface area contributed by atoms with Crippen LogP contribution in [0.4, 0.5) is 0 Å². The molecule has 0 aliphatic carbocycles. The number of carboxylic acid groups (broad SMARTS) is 4. The Labute approximate surface area is 222 Å². The molecule has 0 spiro atoms. The second kappa shape index (κ2) is 28.9. The first-order chi connectivity index (χ1) is 16.5. The average Bonchev–Trinajstić information content (AvgIpc) is 2.78. The Hall–Kier alpha value is -1.32. The summed E-state index contributed by atoms with van der Waals surface area (Å²) in [6.45, 7) is 7.58. The van der Waals surface area contributed by atoms with Gasteiger partial charge >= 0.3 is 95.2 Å². The Balaban J connectivity index is -0.000000441. The molecule has 8 nitrogen and oxygen atoms in total. The van der Waals surface area contributed by atoms with Gasteiger partial charge in [-0.1, -0.05) is 13.8 Å². The SMILES string of the molecule is CC(CCCC(=O)[O-])C(=O)[O-].CC(CCCC(=O)[O-])C(=O)[O-].CCCCC[CH2][SnH2+4][CH2]CCCCC. The van der Waals surface area contributed by atoms with Gasteiger partial charge < -0.3 is 39.6 Å². The minimum absolute atomic E-state index is 0.0857. The number of hydrogen-bond donors (Lipinski definition) is 0. The van der Waals surface area contributed by atoms with Gasteiger partial charge in [-0.05, 0) is 50.4 Å². The molecule has 0 saturated carbocycles. The predicted molar refractivity (Wildman–Crippen MR) is 133 cm³/mol. The molecule has 0 amide bonds. The molecule has 0 aromatic rings. The quantitative estimate of drug-likeness (QED) is 0.145. The Morgan fingerprint density at radius 3 is 1.17 bits per heavy atom. The predicted octanol–water partition coefficient (Wildman–Crippen LogP) is 0.738. The molecule has 2 unspecified atom stereocenters. The fourth-order valence-corrected chi connectivity index (χ4v) is 8.12. The zero-order valence-electron chi connectivity index (χ0n) is 22.4. The number of hydrogen-bond acceptors (Lipinski definition) is 8. The summed E-state index contributed by atoms with van der Waals surface area (Å²) in [5, 5.41) is 40.0. The number of carboxylic acids is 4. The molecule has 0 rings (SSSR count). The van der Waals surface area contributed by atoms with Crippen LogP contribution in [0.3, 0.4) is 0 Å². The third-order valence-electron chi connectivity index (χ3n) is 5.55. The van der Waals surface area contributed by atoms with Crippen LogP contribution in [0.1, 0.15) is 118 Å². The van der Waals surface area contributed by atoms with Gasteiger partial charge in [0, 0.05) is 23.9 Å². The van der Waals surface area contributed by atoms with E-state index in [-0.39, 0.29) is 34.0 Å². The van der Waals surface area contributed by atoms with Crippen LogP contribution in [-0.2, 0) is 19.2 Å². The molecule has 0 fully saturated rings. The van der Waals surface area contributed by atoms with Crippen molar-refractivity contribution in [3.05, 3.63) is 0 Å². The third kappa shape index (κ3) is 37.4. The van der Waals surface area contributed by atoms with Crippen LogP contribution in [-0.4, -0.2) is 45.0 Å². The summed E-state index contributed by atoms with van der Waals surface area (Å²) in [6, 6.07) is 0. The second-order valence-corrected chi connectivity index (χ2v) is 15.2. The molecule has 35 heavy (non-hydrogen) atoms. The van der Waals surface area contributed by atoms with Gasteiger partial charge in [0.1, 0.15) is 0 Å². The van der Waals surface area contributed by atoms with E-state index < -0.39 is 35.7 Å². The van der Waals surface area contributed by atoms with Gasteiger partial charge in [0.25, 0.3) is 0 Å². The summed E-state index contributed by atoms with van der Waals surface area (Å²) < 4.78 is 3.38. The number of carbonyl (C=O) groups excluding carboxylic acids is 4. The summed E-state index contributed by atoms with van der Waals surface area (Å²) in [7, 11) is 0. The fourth-order valence-electron chi connectivity index (χ4n) is 3.08. The first-order valence-corrected chi connectivity index (χ1v) is 19.0. The van der Waals surface area contributed by atoms with Crippen molar-refractivity contribution in [3.63, 3.8) is 0 Å². The topological polar surface area (TPSA) is 161 Å². The molecular formula is C26H48O8Sn. The van der Waals surface area contributed by atoms with Crippen LogP contribution in [0.2, 0.25) is 8.87 Å². The van der Waals surface area contributed by atoms with Gasteiger partial charge in [0.15, 0.2) is 0 Å². The molecule has 0 aliphatic heterocycles.